The summed E-state index contributed by atoms with van der Waals surface area (Å²) < 4.78 is 13.8. The third kappa shape index (κ3) is 5.18. The Morgan fingerprint density at radius 3 is 2.62 bits per heavy atom. The van der Waals surface area contributed by atoms with E-state index in [-0.39, 0.29) is 5.82 Å². The number of rotatable bonds is 7. The summed E-state index contributed by atoms with van der Waals surface area (Å²) in [7, 11) is 0. The van der Waals surface area contributed by atoms with E-state index in [1.54, 1.807) is 23.9 Å². The molecule has 0 spiro atoms. The molecular formula is C18H16FN3S2. The molecule has 0 amide bonds. The topological polar surface area (TPSA) is 37.8 Å². The summed E-state index contributed by atoms with van der Waals surface area (Å²) >= 11 is 3.18. The van der Waals surface area contributed by atoms with E-state index in [2.05, 4.69) is 39.8 Å². The molecule has 3 nitrogen and oxygen atoms in total. The van der Waals surface area contributed by atoms with E-state index in [0.717, 1.165) is 20.8 Å². The van der Waals surface area contributed by atoms with E-state index < -0.39 is 0 Å². The number of nitrogens with zero attached hydrogens (tertiary/aromatic N) is 2. The monoisotopic (exact) mass is 357 g/mol. The molecule has 0 atom stereocenters. The van der Waals surface area contributed by atoms with Crippen LogP contribution in [-0.2, 0) is 6.54 Å². The summed E-state index contributed by atoms with van der Waals surface area (Å²) in [6.45, 7) is 0.605. The number of halogens is 1. The number of thioether (sulfide) groups is 1. The Balaban J connectivity index is 1.45. The standard InChI is InChI=1S/C18H16FN3S2/c19-16-10-8-15(9-11-16)13-20-17-21-22-18(24-17)23-12-4-7-14-5-2-1-3-6-14/h1-11H,12-13H2,(H,20,21)/b7-4+. The van der Waals surface area contributed by atoms with Crippen molar-refractivity contribution in [2.45, 2.75) is 10.9 Å². The van der Waals surface area contributed by atoms with Crippen LogP contribution in [0.15, 0.2) is 65.0 Å². The summed E-state index contributed by atoms with van der Waals surface area (Å²) in [6, 6.07) is 16.6. The van der Waals surface area contributed by atoms with Crippen molar-refractivity contribution in [3.63, 3.8) is 0 Å². The van der Waals surface area contributed by atoms with Crippen LogP contribution in [0.5, 0.6) is 0 Å². The van der Waals surface area contributed by atoms with Gasteiger partial charge in [-0.2, -0.15) is 0 Å². The SMILES string of the molecule is Fc1ccc(CNc2nnc(SC/C=C/c3ccccc3)s2)cc1. The molecule has 0 bridgehead atoms. The fourth-order valence-corrected chi connectivity index (χ4v) is 3.57. The molecule has 0 fully saturated rings. The molecule has 2 aromatic carbocycles. The lowest BCUT2D eigenvalue weighted by molar-refractivity contribution is 0.627. The second kappa shape index (κ2) is 8.61. The quantitative estimate of drug-likeness (QED) is 0.597. The minimum Gasteiger partial charge on any atom is -0.356 e. The first-order valence-corrected chi connectivity index (χ1v) is 9.26. The van der Waals surface area contributed by atoms with E-state index in [1.807, 2.05) is 18.2 Å². The largest absolute Gasteiger partial charge is 0.356 e. The number of aromatic nitrogens is 2. The molecule has 0 radical (unpaired) electrons. The Labute approximate surface area is 148 Å². The zero-order valence-corrected chi connectivity index (χ0v) is 14.5. The Hall–Kier alpha value is -2.18. The Morgan fingerprint density at radius 1 is 1.04 bits per heavy atom. The predicted molar refractivity (Wildman–Crippen MR) is 99.8 cm³/mol. The molecular weight excluding hydrogens is 341 g/mol. The zero-order valence-electron chi connectivity index (χ0n) is 12.9. The van der Waals surface area contributed by atoms with Crippen molar-refractivity contribution in [2.24, 2.45) is 0 Å². The second-order valence-electron chi connectivity index (χ2n) is 4.98. The van der Waals surface area contributed by atoms with Crippen LogP contribution in [0.25, 0.3) is 6.08 Å². The summed E-state index contributed by atoms with van der Waals surface area (Å²) in [4.78, 5) is 0. The van der Waals surface area contributed by atoms with Gasteiger partial charge in [-0.3, -0.25) is 0 Å². The first kappa shape index (κ1) is 16.7. The number of anilines is 1. The van der Waals surface area contributed by atoms with Gasteiger partial charge in [-0.25, -0.2) is 4.39 Å². The van der Waals surface area contributed by atoms with E-state index in [4.69, 9.17) is 0 Å². The summed E-state index contributed by atoms with van der Waals surface area (Å²) in [5.41, 5.74) is 2.20. The highest BCUT2D eigenvalue weighted by molar-refractivity contribution is 8.01. The lowest BCUT2D eigenvalue weighted by atomic mass is 10.2. The lowest BCUT2D eigenvalue weighted by Crippen LogP contribution is -1.98. The molecule has 24 heavy (non-hydrogen) atoms. The van der Waals surface area contributed by atoms with Crippen LogP contribution in [-0.4, -0.2) is 16.0 Å². The van der Waals surface area contributed by atoms with Gasteiger partial charge >= 0.3 is 0 Å². The minimum atomic E-state index is -0.225. The van der Waals surface area contributed by atoms with Gasteiger partial charge in [0.05, 0.1) is 0 Å². The van der Waals surface area contributed by atoms with Gasteiger partial charge in [-0.15, -0.1) is 10.2 Å². The molecule has 3 rings (SSSR count). The van der Waals surface area contributed by atoms with Crippen molar-refractivity contribution in [3.05, 3.63) is 77.6 Å². The van der Waals surface area contributed by atoms with Crippen LogP contribution >= 0.6 is 23.1 Å². The Bertz CT molecular complexity index is 786. The molecule has 0 saturated carbocycles. The van der Waals surface area contributed by atoms with Crippen molar-refractivity contribution in [3.8, 4) is 0 Å². The van der Waals surface area contributed by atoms with Gasteiger partial charge in [0.15, 0.2) is 4.34 Å². The van der Waals surface area contributed by atoms with Crippen LogP contribution < -0.4 is 5.32 Å². The average Bonchev–Trinajstić information content (AvgIpc) is 3.07. The average molecular weight is 357 g/mol. The highest BCUT2D eigenvalue weighted by Crippen LogP contribution is 2.26. The van der Waals surface area contributed by atoms with Crippen LogP contribution in [0.2, 0.25) is 0 Å². The van der Waals surface area contributed by atoms with Gasteiger partial charge in [0.2, 0.25) is 5.13 Å². The Morgan fingerprint density at radius 2 is 1.83 bits per heavy atom. The molecule has 1 heterocycles. The maximum atomic E-state index is 12.9. The maximum Gasteiger partial charge on any atom is 0.206 e. The van der Waals surface area contributed by atoms with Crippen molar-refractivity contribution >= 4 is 34.3 Å². The maximum absolute atomic E-state index is 12.9. The molecule has 3 aromatic rings. The molecule has 0 aliphatic heterocycles. The number of benzene rings is 2. The summed E-state index contributed by atoms with van der Waals surface area (Å²) in [6.07, 6.45) is 4.22. The van der Waals surface area contributed by atoms with Gasteiger partial charge in [0, 0.05) is 12.3 Å². The van der Waals surface area contributed by atoms with Crippen LogP contribution in [0.4, 0.5) is 9.52 Å². The number of hydrogen-bond acceptors (Lipinski definition) is 5. The second-order valence-corrected chi connectivity index (χ2v) is 7.22. The molecule has 6 heteroatoms. The summed E-state index contributed by atoms with van der Waals surface area (Å²) in [5.74, 6) is 0.624. The van der Waals surface area contributed by atoms with Crippen molar-refractivity contribution < 1.29 is 4.39 Å². The highest BCUT2D eigenvalue weighted by Gasteiger charge is 2.03. The van der Waals surface area contributed by atoms with Crippen molar-refractivity contribution in [2.75, 3.05) is 11.1 Å². The molecule has 0 aliphatic carbocycles. The highest BCUT2D eigenvalue weighted by atomic mass is 32.2. The lowest BCUT2D eigenvalue weighted by Gasteiger charge is -2.01. The number of hydrogen-bond donors (Lipinski definition) is 1. The third-order valence-electron chi connectivity index (χ3n) is 3.18. The zero-order chi connectivity index (χ0) is 16.6. The van der Waals surface area contributed by atoms with E-state index in [0.29, 0.717) is 6.54 Å². The predicted octanol–water partition coefficient (Wildman–Crippen LogP) is 5.09. The minimum absolute atomic E-state index is 0.225. The third-order valence-corrected chi connectivity index (χ3v) is 5.14. The van der Waals surface area contributed by atoms with E-state index in [1.165, 1.54) is 29.0 Å². The van der Waals surface area contributed by atoms with E-state index in [9.17, 15) is 4.39 Å². The number of nitrogens with one attached hydrogen (secondary N) is 1. The first-order valence-electron chi connectivity index (χ1n) is 7.46. The Kier molecular flexibility index (Phi) is 5.98. The molecule has 1 N–H and O–H groups in total. The molecule has 0 unspecified atom stereocenters. The van der Waals surface area contributed by atoms with E-state index >= 15 is 0 Å². The molecule has 0 aliphatic rings. The normalized spacial score (nSPS) is 11.0. The molecule has 0 saturated heterocycles. The van der Waals surface area contributed by atoms with Gasteiger partial charge < -0.3 is 5.32 Å². The van der Waals surface area contributed by atoms with Gasteiger partial charge in [-0.1, -0.05) is 77.7 Å². The van der Waals surface area contributed by atoms with Crippen molar-refractivity contribution in [1.82, 2.24) is 10.2 Å². The first-order chi connectivity index (χ1) is 11.8. The van der Waals surface area contributed by atoms with Crippen LogP contribution in [0, 0.1) is 5.82 Å². The van der Waals surface area contributed by atoms with Gasteiger partial charge in [0.25, 0.3) is 0 Å². The van der Waals surface area contributed by atoms with Crippen LogP contribution in [0.1, 0.15) is 11.1 Å². The van der Waals surface area contributed by atoms with Gasteiger partial charge in [-0.05, 0) is 23.3 Å². The van der Waals surface area contributed by atoms with Gasteiger partial charge in [0.1, 0.15) is 5.82 Å². The smallest absolute Gasteiger partial charge is 0.206 e. The van der Waals surface area contributed by atoms with Crippen LogP contribution in [0.3, 0.4) is 0 Å². The molecule has 122 valence electrons. The fourth-order valence-electron chi connectivity index (χ4n) is 1.99. The fraction of sp³-hybridized carbons (Fsp3) is 0.111. The molecule has 1 aromatic heterocycles. The van der Waals surface area contributed by atoms with Crippen molar-refractivity contribution in [1.29, 1.82) is 0 Å². The summed E-state index contributed by atoms with van der Waals surface area (Å²) in [5, 5.41) is 12.3.